The Kier molecular flexibility index (Phi) is 7.48. The van der Waals surface area contributed by atoms with Crippen LogP contribution >= 0.6 is 11.6 Å². The van der Waals surface area contributed by atoms with E-state index in [1.54, 1.807) is 31.2 Å². The highest BCUT2D eigenvalue weighted by molar-refractivity contribution is 6.30. The van der Waals surface area contributed by atoms with Crippen LogP contribution in [-0.4, -0.2) is 35.9 Å². The Hall–Kier alpha value is -2.53. The van der Waals surface area contributed by atoms with Gasteiger partial charge in [-0.15, -0.1) is 0 Å². The molecule has 1 atom stereocenters. The highest BCUT2D eigenvalue weighted by Gasteiger charge is 2.26. The second-order valence-electron chi connectivity index (χ2n) is 5.82. The molecule has 0 aliphatic rings. The molecular weight excluding hydrogens is 352 g/mol. The van der Waals surface area contributed by atoms with Crippen LogP contribution in [0.1, 0.15) is 19.4 Å². The summed E-state index contributed by atoms with van der Waals surface area (Å²) in [6.45, 7) is 4.23. The maximum atomic E-state index is 12.7. The van der Waals surface area contributed by atoms with Crippen molar-refractivity contribution in [2.45, 2.75) is 26.4 Å². The number of nitrogens with zero attached hydrogens (tertiary/aromatic N) is 1. The van der Waals surface area contributed by atoms with Gasteiger partial charge in [-0.3, -0.25) is 9.59 Å². The number of hydrogen-bond acceptors (Lipinski definition) is 3. The molecule has 0 saturated heterocycles. The normalized spacial score (nSPS) is 11.5. The van der Waals surface area contributed by atoms with Crippen molar-refractivity contribution in [1.82, 2.24) is 10.2 Å². The molecule has 0 radical (unpaired) electrons. The zero-order valence-electron chi connectivity index (χ0n) is 14.9. The van der Waals surface area contributed by atoms with E-state index in [1.807, 2.05) is 37.3 Å². The van der Waals surface area contributed by atoms with Crippen LogP contribution < -0.4 is 10.1 Å². The van der Waals surface area contributed by atoms with Gasteiger partial charge >= 0.3 is 0 Å². The number of carbonyl (C=O) groups is 2. The first kappa shape index (κ1) is 19.8. The van der Waals surface area contributed by atoms with E-state index < -0.39 is 6.04 Å². The quantitative estimate of drug-likeness (QED) is 0.771. The summed E-state index contributed by atoms with van der Waals surface area (Å²) in [5.74, 6) is 0.0447. The van der Waals surface area contributed by atoms with Crippen molar-refractivity contribution < 1.29 is 14.3 Å². The highest BCUT2D eigenvalue weighted by atomic mass is 35.5. The van der Waals surface area contributed by atoms with Gasteiger partial charge in [-0.1, -0.05) is 48.0 Å². The Balaban J connectivity index is 2.10. The van der Waals surface area contributed by atoms with Crippen LogP contribution in [0.25, 0.3) is 0 Å². The third-order valence-corrected chi connectivity index (χ3v) is 4.11. The molecule has 2 aromatic rings. The number of amides is 2. The Bertz CT molecular complexity index is 737. The first-order chi connectivity index (χ1) is 12.5. The largest absolute Gasteiger partial charge is 0.484 e. The number of nitrogens with one attached hydrogen (secondary N) is 1. The van der Waals surface area contributed by atoms with Gasteiger partial charge in [-0.2, -0.15) is 0 Å². The van der Waals surface area contributed by atoms with Crippen molar-refractivity contribution in [1.29, 1.82) is 0 Å². The first-order valence-corrected chi connectivity index (χ1v) is 8.88. The van der Waals surface area contributed by atoms with E-state index in [0.717, 1.165) is 5.56 Å². The molecule has 26 heavy (non-hydrogen) atoms. The lowest BCUT2D eigenvalue weighted by molar-refractivity contribution is -0.142. The van der Waals surface area contributed by atoms with Gasteiger partial charge < -0.3 is 15.0 Å². The van der Waals surface area contributed by atoms with Crippen molar-refractivity contribution in [3.63, 3.8) is 0 Å². The summed E-state index contributed by atoms with van der Waals surface area (Å²) in [6, 6.07) is 15.8. The van der Waals surface area contributed by atoms with E-state index in [4.69, 9.17) is 16.3 Å². The molecule has 0 bridgehead atoms. The second-order valence-corrected chi connectivity index (χ2v) is 6.26. The topological polar surface area (TPSA) is 58.6 Å². The number of benzene rings is 2. The van der Waals surface area contributed by atoms with Crippen LogP contribution in [0.4, 0.5) is 0 Å². The fourth-order valence-electron chi connectivity index (χ4n) is 2.47. The molecule has 5 nitrogen and oxygen atoms in total. The summed E-state index contributed by atoms with van der Waals surface area (Å²) in [6.07, 6.45) is 0. The Morgan fingerprint density at radius 1 is 1.15 bits per heavy atom. The van der Waals surface area contributed by atoms with Crippen molar-refractivity contribution in [2.75, 3.05) is 13.2 Å². The maximum Gasteiger partial charge on any atom is 0.261 e. The third-order valence-electron chi connectivity index (χ3n) is 3.87. The predicted octanol–water partition coefficient (Wildman–Crippen LogP) is 3.27. The second kappa shape index (κ2) is 9.82. The molecule has 0 aliphatic carbocycles. The van der Waals surface area contributed by atoms with Crippen LogP contribution in [0.2, 0.25) is 5.02 Å². The number of hydrogen-bond donors (Lipinski definition) is 1. The van der Waals surface area contributed by atoms with Crippen molar-refractivity contribution in [3.8, 4) is 5.75 Å². The maximum absolute atomic E-state index is 12.7. The number of ether oxygens (including phenoxy) is 1. The molecule has 0 fully saturated rings. The van der Waals surface area contributed by atoms with Crippen LogP contribution in [0, 0.1) is 0 Å². The predicted molar refractivity (Wildman–Crippen MR) is 102 cm³/mol. The van der Waals surface area contributed by atoms with Crippen molar-refractivity contribution >= 4 is 23.4 Å². The summed E-state index contributed by atoms with van der Waals surface area (Å²) in [5.41, 5.74) is 0.944. The lowest BCUT2D eigenvalue weighted by Gasteiger charge is -2.28. The number of halogens is 1. The average Bonchev–Trinajstić information content (AvgIpc) is 2.65. The molecule has 0 aliphatic heterocycles. The molecule has 2 aromatic carbocycles. The monoisotopic (exact) mass is 374 g/mol. The molecule has 1 N–H and O–H groups in total. The van der Waals surface area contributed by atoms with E-state index >= 15 is 0 Å². The van der Waals surface area contributed by atoms with Gasteiger partial charge in [0.2, 0.25) is 5.91 Å². The average molecular weight is 375 g/mol. The molecule has 0 spiro atoms. The van der Waals surface area contributed by atoms with Gasteiger partial charge in [-0.25, -0.2) is 0 Å². The molecule has 6 heteroatoms. The van der Waals surface area contributed by atoms with Gasteiger partial charge in [-0.05, 0) is 37.6 Å². The van der Waals surface area contributed by atoms with E-state index in [0.29, 0.717) is 23.9 Å². The molecule has 138 valence electrons. The fourth-order valence-corrected chi connectivity index (χ4v) is 2.65. The van der Waals surface area contributed by atoms with E-state index in [9.17, 15) is 9.59 Å². The van der Waals surface area contributed by atoms with Gasteiger partial charge in [0, 0.05) is 18.1 Å². The van der Waals surface area contributed by atoms with Gasteiger partial charge in [0.1, 0.15) is 11.8 Å². The first-order valence-electron chi connectivity index (χ1n) is 8.50. The van der Waals surface area contributed by atoms with Gasteiger partial charge in [0.05, 0.1) is 0 Å². The lowest BCUT2D eigenvalue weighted by atomic mass is 10.1. The van der Waals surface area contributed by atoms with E-state index in [2.05, 4.69) is 5.32 Å². The lowest BCUT2D eigenvalue weighted by Crippen LogP contribution is -2.49. The minimum atomic E-state index is -0.606. The standard InChI is InChI=1S/C20H23ClN2O3/c1-3-22-20(25)15(2)23(13-16-8-5-4-6-9-16)19(24)14-26-18-11-7-10-17(21)12-18/h4-12,15H,3,13-14H2,1-2H3,(H,22,25). The van der Waals surface area contributed by atoms with Crippen LogP contribution in [-0.2, 0) is 16.1 Å². The SMILES string of the molecule is CCNC(=O)C(C)N(Cc1ccccc1)C(=O)COc1cccc(Cl)c1. The van der Waals surface area contributed by atoms with Crippen molar-refractivity contribution in [2.24, 2.45) is 0 Å². The summed E-state index contributed by atoms with van der Waals surface area (Å²) >= 11 is 5.93. The minimum Gasteiger partial charge on any atom is -0.484 e. The molecule has 0 aromatic heterocycles. The third kappa shape index (κ3) is 5.77. The van der Waals surface area contributed by atoms with Crippen LogP contribution in [0.5, 0.6) is 5.75 Å². The molecule has 1 unspecified atom stereocenters. The summed E-state index contributed by atoms with van der Waals surface area (Å²) < 4.78 is 5.55. The van der Waals surface area contributed by atoms with Gasteiger partial charge in [0.15, 0.2) is 6.61 Å². The molecule has 2 amide bonds. The van der Waals surface area contributed by atoms with E-state index in [-0.39, 0.29) is 18.4 Å². The Morgan fingerprint density at radius 3 is 2.54 bits per heavy atom. The van der Waals surface area contributed by atoms with Crippen LogP contribution in [0.3, 0.4) is 0 Å². The number of likely N-dealkylation sites (N-methyl/N-ethyl adjacent to an activating group) is 1. The van der Waals surface area contributed by atoms with Crippen molar-refractivity contribution in [3.05, 3.63) is 65.2 Å². The highest BCUT2D eigenvalue weighted by Crippen LogP contribution is 2.17. The number of rotatable bonds is 8. The minimum absolute atomic E-state index is 0.170. The fraction of sp³-hybridized carbons (Fsp3) is 0.300. The van der Waals surface area contributed by atoms with E-state index in [1.165, 1.54) is 4.90 Å². The number of carbonyl (C=O) groups excluding carboxylic acids is 2. The zero-order valence-corrected chi connectivity index (χ0v) is 15.7. The smallest absolute Gasteiger partial charge is 0.261 e. The molecule has 2 rings (SSSR count). The Labute approximate surface area is 158 Å². The molecular formula is C20H23ClN2O3. The van der Waals surface area contributed by atoms with Crippen LogP contribution in [0.15, 0.2) is 54.6 Å². The summed E-state index contributed by atoms with van der Waals surface area (Å²) in [4.78, 5) is 26.5. The zero-order chi connectivity index (χ0) is 18.9. The molecule has 0 heterocycles. The summed E-state index contributed by atoms with van der Waals surface area (Å²) in [7, 11) is 0. The summed E-state index contributed by atoms with van der Waals surface area (Å²) in [5, 5.41) is 3.29. The Morgan fingerprint density at radius 2 is 1.88 bits per heavy atom. The van der Waals surface area contributed by atoms with Gasteiger partial charge in [0.25, 0.3) is 5.91 Å². The molecule has 0 saturated carbocycles.